The molecule has 2 saturated carbocycles. The average molecular weight is 269 g/mol. The first-order chi connectivity index (χ1) is 9.45. The summed E-state index contributed by atoms with van der Waals surface area (Å²) in [6.45, 7) is 4.44. The number of hydrogen-bond donors (Lipinski definition) is 2. The van der Waals surface area contributed by atoms with Crippen molar-refractivity contribution < 1.29 is 4.79 Å². The molecule has 2 aromatic rings. The molecule has 2 aliphatic rings. The normalized spacial score (nSPS) is 31.3. The second-order valence-corrected chi connectivity index (χ2v) is 6.85. The number of carbonyl (C=O) groups excluding carboxylic acids is 1. The number of carbonyl (C=O) groups is 1. The molecule has 0 radical (unpaired) electrons. The maximum atomic E-state index is 12.6. The number of aromatic nitrogens is 2. The molecule has 2 unspecified atom stereocenters. The van der Waals surface area contributed by atoms with Crippen LogP contribution in [0.1, 0.15) is 38.9 Å². The van der Waals surface area contributed by atoms with Gasteiger partial charge in [-0.15, -0.1) is 0 Å². The lowest BCUT2D eigenvalue weighted by Crippen LogP contribution is -2.41. The molecule has 0 saturated heterocycles. The number of nitrogen functional groups attached to an aromatic ring is 1. The minimum Gasteiger partial charge on any atom is -0.399 e. The molecule has 0 spiro atoms. The fraction of sp³-hybridized carbons (Fsp3) is 0.500. The Kier molecular flexibility index (Phi) is 2.05. The molecule has 2 bridgehead atoms. The SMILES string of the molecule is CC1(C)C2CCC1(c1nc3ccc(N)cc3[nH]1)C(=O)C2. The summed E-state index contributed by atoms with van der Waals surface area (Å²) in [5.74, 6) is 1.69. The Morgan fingerprint density at radius 2 is 2.20 bits per heavy atom. The Labute approximate surface area is 117 Å². The lowest BCUT2D eigenvalue weighted by molar-refractivity contribution is -0.124. The van der Waals surface area contributed by atoms with Crippen molar-refractivity contribution in [3.05, 3.63) is 24.0 Å². The highest BCUT2D eigenvalue weighted by molar-refractivity contribution is 5.95. The third-order valence-corrected chi connectivity index (χ3v) is 5.81. The number of rotatable bonds is 1. The average Bonchev–Trinajstić information content (AvgIpc) is 2.96. The number of nitrogens with zero attached hydrogens (tertiary/aromatic N) is 1. The van der Waals surface area contributed by atoms with Gasteiger partial charge < -0.3 is 10.7 Å². The van der Waals surface area contributed by atoms with E-state index in [2.05, 4.69) is 18.8 Å². The Balaban J connectivity index is 1.95. The van der Waals surface area contributed by atoms with Gasteiger partial charge in [-0.1, -0.05) is 13.8 Å². The molecule has 1 aromatic carbocycles. The van der Waals surface area contributed by atoms with E-state index < -0.39 is 5.41 Å². The molecule has 3 N–H and O–H groups in total. The molecule has 4 heteroatoms. The van der Waals surface area contributed by atoms with Gasteiger partial charge in [-0.3, -0.25) is 4.79 Å². The molecule has 1 heterocycles. The van der Waals surface area contributed by atoms with Crippen LogP contribution in [0, 0.1) is 11.3 Å². The van der Waals surface area contributed by atoms with Crippen LogP contribution >= 0.6 is 0 Å². The minimum absolute atomic E-state index is 0.0104. The van der Waals surface area contributed by atoms with Crippen LogP contribution in [0.25, 0.3) is 11.0 Å². The van der Waals surface area contributed by atoms with Crippen molar-refractivity contribution in [2.24, 2.45) is 11.3 Å². The third kappa shape index (κ3) is 1.18. The number of H-pyrrole nitrogens is 1. The van der Waals surface area contributed by atoms with E-state index in [1.807, 2.05) is 18.2 Å². The quantitative estimate of drug-likeness (QED) is 0.782. The molecule has 1 aromatic heterocycles. The maximum absolute atomic E-state index is 12.6. The van der Waals surface area contributed by atoms with Crippen LogP contribution in [0.2, 0.25) is 0 Å². The van der Waals surface area contributed by atoms with Gasteiger partial charge in [0.25, 0.3) is 0 Å². The molecule has 4 rings (SSSR count). The van der Waals surface area contributed by atoms with Gasteiger partial charge in [0.2, 0.25) is 0 Å². The van der Waals surface area contributed by atoms with Gasteiger partial charge in [-0.25, -0.2) is 4.98 Å². The summed E-state index contributed by atoms with van der Waals surface area (Å²) in [5, 5.41) is 0. The summed E-state index contributed by atoms with van der Waals surface area (Å²) >= 11 is 0. The Hall–Kier alpha value is -1.84. The number of imidazole rings is 1. The zero-order chi connectivity index (χ0) is 14.1. The highest BCUT2D eigenvalue weighted by Gasteiger charge is 2.66. The van der Waals surface area contributed by atoms with Gasteiger partial charge in [-0.2, -0.15) is 0 Å². The Morgan fingerprint density at radius 3 is 2.85 bits per heavy atom. The molecule has 2 atom stereocenters. The van der Waals surface area contributed by atoms with Crippen molar-refractivity contribution in [3.8, 4) is 0 Å². The topological polar surface area (TPSA) is 71.8 Å². The second-order valence-electron chi connectivity index (χ2n) is 6.85. The fourth-order valence-electron chi connectivity index (χ4n) is 4.46. The van der Waals surface area contributed by atoms with Crippen molar-refractivity contribution >= 4 is 22.5 Å². The molecular formula is C16H19N3O. The highest BCUT2D eigenvalue weighted by Crippen LogP contribution is 2.64. The van der Waals surface area contributed by atoms with E-state index in [1.165, 1.54) is 0 Å². The van der Waals surface area contributed by atoms with Gasteiger partial charge in [0.15, 0.2) is 0 Å². The van der Waals surface area contributed by atoms with Crippen LogP contribution in [0.15, 0.2) is 18.2 Å². The first kappa shape index (κ1) is 11.9. The monoisotopic (exact) mass is 269 g/mol. The first-order valence-electron chi connectivity index (χ1n) is 7.24. The van der Waals surface area contributed by atoms with E-state index in [4.69, 9.17) is 10.7 Å². The van der Waals surface area contributed by atoms with Gasteiger partial charge in [-0.05, 0) is 42.4 Å². The molecule has 0 amide bonds. The summed E-state index contributed by atoms with van der Waals surface area (Å²) in [7, 11) is 0. The van der Waals surface area contributed by atoms with E-state index >= 15 is 0 Å². The van der Waals surface area contributed by atoms with Gasteiger partial charge in [0.05, 0.1) is 16.4 Å². The van der Waals surface area contributed by atoms with E-state index in [-0.39, 0.29) is 5.41 Å². The fourth-order valence-corrected chi connectivity index (χ4v) is 4.46. The molecule has 104 valence electrons. The maximum Gasteiger partial charge on any atom is 0.147 e. The second kappa shape index (κ2) is 3.43. The molecule has 4 nitrogen and oxygen atoms in total. The summed E-state index contributed by atoms with van der Waals surface area (Å²) in [5.41, 5.74) is 7.92. The van der Waals surface area contributed by atoms with E-state index in [1.54, 1.807) is 0 Å². The van der Waals surface area contributed by atoms with Gasteiger partial charge >= 0.3 is 0 Å². The minimum atomic E-state index is -0.425. The largest absolute Gasteiger partial charge is 0.399 e. The van der Waals surface area contributed by atoms with E-state index in [0.29, 0.717) is 23.8 Å². The predicted molar refractivity (Wildman–Crippen MR) is 78.3 cm³/mol. The standard InChI is InChI=1S/C16H19N3O/c1-15(2)9-5-6-16(15,13(20)7-9)14-18-11-4-3-10(17)8-12(11)19-14/h3-4,8-9H,5-7,17H2,1-2H3,(H,18,19). The number of anilines is 1. The first-order valence-corrected chi connectivity index (χ1v) is 7.24. The summed E-state index contributed by atoms with van der Waals surface area (Å²) in [4.78, 5) is 20.7. The van der Waals surface area contributed by atoms with Crippen LogP contribution in [0.5, 0.6) is 0 Å². The van der Waals surface area contributed by atoms with E-state index in [0.717, 1.165) is 29.7 Å². The molecule has 20 heavy (non-hydrogen) atoms. The Bertz CT molecular complexity index is 730. The summed E-state index contributed by atoms with van der Waals surface area (Å²) < 4.78 is 0. The van der Waals surface area contributed by atoms with Crippen LogP contribution in [-0.2, 0) is 10.2 Å². The van der Waals surface area contributed by atoms with Crippen LogP contribution < -0.4 is 5.73 Å². The van der Waals surface area contributed by atoms with Crippen LogP contribution in [0.3, 0.4) is 0 Å². The number of fused-ring (bicyclic) bond motifs is 3. The lowest BCUT2D eigenvalue weighted by Gasteiger charge is -2.34. The van der Waals surface area contributed by atoms with E-state index in [9.17, 15) is 4.79 Å². The van der Waals surface area contributed by atoms with Crippen molar-refractivity contribution in [3.63, 3.8) is 0 Å². The Morgan fingerprint density at radius 1 is 1.40 bits per heavy atom. The highest BCUT2D eigenvalue weighted by atomic mass is 16.1. The van der Waals surface area contributed by atoms with Crippen LogP contribution in [-0.4, -0.2) is 15.8 Å². The number of Topliss-reactive ketones (excluding diaryl/α,β-unsaturated/α-hetero) is 1. The number of ketones is 1. The van der Waals surface area contributed by atoms with Crippen molar-refractivity contribution in [2.45, 2.75) is 38.5 Å². The van der Waals surface area contributed by atoms with Gasteiger partial charge in [0, 0.05) is 12.1 Å². The molecule has 2 aliphatic carbocycles. The number of benzene rings is 1. The van der Waals surface area contributed by atoms with Crippen molar-refractivity contribution in [1.82, 2.24) is 9.97 Å². The van der Waals surface area contributed by atoms with Crippen molar-refractivity contribution in [1.29, 1.82) is 0 Å². The molecule has 2 fully saturated rings. The third-order valence-electron chi connectivity index (χ3n) is 5.81. The summed E-state index contributed by atoms with van der Waals surface area (Å²) in [6, 6.07) is 5.66. The number of nitrogens with one attached hydrogen (secondary N) is 1. The zero-order valence-electron chi connectivity index (χ0n) is 11.9. The zero-order valence-corrected chi connectivity index (χ0v) is 11.9. The van der Waals surface area contributed by atoms with Crippen molar-refractivity contribution in [2.75, 3.05) is 5.73 Å². The molecular weight excluding hydrogens is 250 g/mol. The number of aromatic amines is 1. The van der Waals surface area contributed by atoms with Crippen LogP contribution in [0.4, 0.5) is 5.69 Å². The summed E-state index contributed by atoms with van der Waals surface area (Å²) in [6.07, 6.45) is 2.74. The van der Waals surface area contributed by atoms with Gasteiger partial charge in [0.1, 0.15) is 11.6 Å². The lowest BCUT2D eigenvalue weighted by atomic mass is 9.68. The number of hydrogen-bond acceptors (Lipinski definition) is 3. The smallest absolute Gasteiger partial charge is 0.147 e. The number of nitrogens with two attached hydrogens (primary N) is 1. The predicted octanol–water partition coefficient (Wildman–Crippen LogP) is 2.79. The molecule has 0 aliphatic heterocycles.